The second kappa shape index (κ2) is 8.47. The lowest BCUT2D eigenvalue weighted by Gasteiger charge is -2.22. The number of anilines is 1. The van der Waals surface area contributed by atoms with Crippen LogP contribution >= 0.6 is 0 Å². The van der Waals surface area contributed by atoms with Crippen molar-refractivity contribution >= 4 is 11.8 Å². The highest BCUT2D eigenvalue weighted by Crippen LogP contribution is 2.20. The van der Waals surface area contributed by atoms with Gasteiger partial charge >= 0.3 is 0 Å². The molecule has 25 heavy (non-hydrogen) atoms. The summed E-state index contributed by atoms with van der Waals surface area (Å²) < 4.78 is 5.21. The molecular weight excluding hydrogens is 316 g/mol. The minimum atomic E-state index is -1.04. The lowest BCUT2D eigenvalue weighted by Crippen LogP contribution is -2.22. The van der Waals surface area contributed by atoms with Crippen LogP contribution in [0.4, 0.5) is 5.69 Å². The van der Waals surface area contributed by atoms with Crippen molar-refractivity contribution in [3.05, 3.63) is 47.7 Å². The van der Waals surface area contributed by atoms with Crippen LogP contribution in [0.5, 0.6) is 0 Å². The molecule has 0 spiro atoms. The Morgan fingerprint density at radius 3 is 2.80 bits per heavy atom. The van der Waals surface area contributed by atoms with E-state index in [1.165, 1.54) is 0 Å². The van der Waals surface area contributed by atoms with Crippen molar-refractivity contribution in [2.75, 3.05) is 25.2 Å². The lowest BCUT2D eigenvalue weighted by molar-refractivity contribution is 0.143. The quantitative estimate of drug-likeness (QED) is 0.790. The largest absolute Gasteiger partial charge is 0.383 e. The molecule has 0 bridgehead atoms. The van der Waals surface area contributed by atoms with Crippen LogP contribution in [-0.2, 0) is 4.74 Å². The molecule has 0 aliphatic rings. The summed E-state index contributed by atoms with van der Waals surface area (Å²) >= 11 is 0. The Morgan fingerprint density at radius 1 is 1.40 bits per heavy atom. The van der Waals surface area contributed by atoms with E-state index in [1.54, 1.807) is 33.4 Å². The summed E-state index contributed by atoms with van der Waals surface area (Å²) in [6.45, 7) is 6.60. The summed E-state index contributed by atoms with van der Waals surface area (Å²) in [5, 5.41) is 16.4. The zero-order valence-corrected chi connectivity index (χ0v) is 15.1. The molecule has 2 heterocycles. The van der Waals surface area contributed by atoms with Gasteiger partial charge in [-0.25, -0.2) is 4.98 Å². The van der Waals surface area contributed by atoms with E-state index in [-0.39, 0.29) is 0 Å². The number of nitrogens with one attached hydrogen (secondary N) is 1. The highest BCUT2D eigenvalue weighted by Gasteiger charge is 2.09. The molecule has 0 aliphatic heterocycles. The molecule has 0 aliphatic carbocycles. The van der Waals surface area contributed by atoms with Crippen molar-refractivity contribution < 1.29 is 9.84 Å². The first-order valence-corrected chi connectivity index (χ1v) is 8.04. The van der Waals surface area contributed by atoms with Crippen LogP contribution < -0.4 is 4.90 Å². The Balaban J connectivity index is 2.25. The maximum atomic E-state index is 9.71. The Hall–Kier alpha value is -2.62. The van der Waals surface area contributed by atoms with Gasteiger partial charge < -0.3 is 14.7 Å². The van der Waals surface area contributed by atoms with Gasteiger partial charge in [-0.3, -0.25) is 5.10 Å². The molecular formula is C19H24N4O2. The number of nitrogens with zero attached hydrogens (tertiary/aromatic N) is 3. The van der Waals surface area contributed by atoms with E-state index in [0.29, 0.717) is 18.8 Å². The topological polar surface area (TPSA) is 74.3 Å². The van der Waals surface area contributed by atoms with E-state index in [9.17, 15) is 5.11 Å². The normalized spacial score (nSPS) is 11.4. The number of hydrogen-bond acceptors (Lipinski definition) is 5. The average molecular weight is 340 g/mol. The van der Waals surface area contributed by atoms with Gasteiger partial charge in [0.15, 0.2) is 0 Å². The summed E-state index contributed by atoms with van der Waals surface area (Å²) in [7, 11) is 1.68. The van der Waals surface area contributed by atoms with E-state index < -0.39 is 5.60 Å². The van der Waals surface area contributed by atoms with Gasteiger partial charge in [-0.15, -0.1) is 0 Å². The van der Waals surface area contributed by atoms with Gasteiger partial charge in [-0.05, 0) is 44.4 Å². The first-order chi connectivity index (χ1) is 11.9. The van der Waals surface area contributed by atoms with Crippen LogP contribution in [0.2, 0.25) is 0 Å². The number of hydrogen-bond donors (Lipinski definition) is 2. The number of rotatable bonds is 6. The van der Waals surface area contributed by atoms with E-state index >= 15 is 0 Å². The number of aromatic amines is 1. The second-order valence-corrected chi connectivity index (χ2v) is 6.20. The zero-order valence-electron chi connectivity index (χ0n) is 15.1. The molecule has 2 N–H and O–H groups in total. The summed E-state index contributed by atoms with van der Waals surface area (Å²) in [6.07, 6.45) is 9.33. The van der Waals surface area contributed by atoms with Crippen LogP contribution in [0.15, 0.2) is 30.9 Å². The smallest absolute Gasteiger partial charge is 0.120 e. The van der Waals surface area contributed by atoms with Crippen molar-refractivity contribution in [2.24, 2.45) is 0 Å². The molecule has 0 saturated heterocycles. The fraction of sp³-hybridized carbons (Fsp3) is 0.368. The molecule has 6 heteroatoms. The maximum absolute atomic E-state index is 9.71. The van der Waals surface area contributed by atoms with Crippen molar-refractivity contribution in [3.8, 4) is 11.8 Å². The fourth-order valence-electron chi connectivity index (χ4n) is 2.13. The Bertz CT molecular complexity index is 765. The van der Waals surface area contributed by atoms with E-state index in [4.69, 9.17) is 4.74 Å². The van der Waals surface area contributed by atoms with E-state index in [1.807, 2.05) is 31.5 Å². The van der Waals surface area contributed by atoms with Crippen LogP contribution in [-0.4, -0.2) is 46.2 Å². The first-order valence-electron chi connectivity index (χ1n) is 8.04. The summed E-state index contributed by atoms with van der Waals surface area (Å²) in [5.41, 5.74) is 2.61. The number of aliphatic hydroxyl groups is 1. The summed E-state index contributed by atoms with van der Waals surface area (Å²) in [5.74, 6) is 5.68. The van der Waals surface area contributed by atoms with Gasteiger partial charge in [0.2, 0.25) is 0 Å². The molecule has 0 atom stereocenters. The highest BCUT2D eigenvalue weighted by atomic mass is 16.5. The highest BCUT2D eigenvalue weighted by molar-refractivity contribution is 5.60. The van der Waals surface area contributed by atoms with Gasteiger partial charge in [0.25, 0.3) is 0 Å². The number of aromatic nitrogens is 3. The molecule has 0 aromatic carbocycles. The first kappa shape index (κ1) is 18.7. The standard InChI is InChI=1S/C19H24N4O2/c1-15-11-17(5-7-19(2,3)24)20-14-18(15)23(9-10-25-4)8-6-16-12-21-22-13-16/h6,8,11-14,24H,9-10H2,1-4H3,(H,21,22)/b8-6+. The third kappa shape index (κ3) is 6.07. The zero-order chi connectivity index (χ0) is 18.3. The maximum Gasteiger partial charge on any atom is 0.120 e. The number of aryl methyl sites for hydroxylation is 1. The van der Waals surface area contributed by atoms with E-state index in [0.717, 1.165) is 16.8 Å². The van der Waals surface area contributed by atoms with Gasteiger partial charge in [0, 0.05) is 31.6 Å². The molecule has 132 valence electrons. The monoisotopic (exact) mass is 340 g/mol. The number of methoxy groups -OCH3 is 1. The fourth-order valence-corrected chi connectivity index (χ4v) is 2.13. The van der Waals surface area contributed by atoms with Crippen molar-refractivity contribution in [1.82, 2.24) is 15.2 Å². The second-order valence-electron chi connectivity index (χ2n) is 6.20. The number of pyridine rings is 1. The minimum Gasteiger partial charge on any atom is -0.383 e. The van der Waals surface area contributed by atoms with E-state index in [2.05, 4.69) is 31.9 Å². The predicted molar refractivity (Wildman–Crippen MR) is 99.0 cm³/mol. The Morgan fingerprint density at radius 2 is 2.20 bits per heavy atom. The van der Waals surface area contributed by atoms with Gasteiger partial charge in [0.1, 0.15) is 11.3 Å². The van der Waals surface area contributed by atoms with Crippen LogP contribution in [0.1, 0.15) is 30.7 Å². The van der Waals surface area contributed by atoms with Crippen LogP contribution in [0.3, 0.4) is 0 Å². The van der Waals surface area contributed by atoms with Crippen molar-refractivity contribution in [3.63, 3.8) is 0 Å². The SMILES string of the molecule is COCCN(/C=C/c1cn[nH]c1)c1cnc(C#CC(C)(C)O)cc1C. The van der Waals surface area contributed by atoms with Crippen LogP contribution in [0, 0.1) is 18.8 Å². The molecule has 0 radical (unpaired) electrons. The Kier molecular flexibility index (Phi) is 6.34. The molecule has 2 aromatic rings. The number of ether oxygens (including phenoxy) is 1. The summed E-state index contributed by atoms with van der Waals surface area (Å²) in [4.78, 5) is 6.47. The lowest BCUT2D eigenvalue weighted by atomic mass is 10.1. The van der Waals surface area contributed by atoms with Crippen molar-refractivity contribution in [1.29, 1.82) is 0 Å². The third-order valence-electron chi connectivity index (χ3n) is 3.39. The number of H-pyrrole nitrogens is 1. The molecule has 0 amide bonds. The molecule has 0 fully saturated rings. The average Bonchev–Trinajstić information content (AvgIpc) is 3.07. The van der Waals surface area contributed by atoms with Gasteiger partial charge in [-0.1, -0.05) is 5.92 Å². The molecule has 2 rings (SSSR count). The predicted octanol–water partition coefficient (Wildman–Crippen LogP) is 2.36. The van der Waals surface area contributed by atoms with Gasteiger partial charge in [0.05, 0.1) is 24.7 Å². The Labute approximate surface area is 148 Å². The minimum absolute atomic E-state index is 0.593. The van der Waals surface area contributed by atoms with Crippen LogP contribution in [0.25, 0.3) is 6.08 Å². The third-order valence-corrected chi connectivity index (χ3v) is 3.39. The summed E-state index contributed by atoms with van der Waals surface area (Å²) in [6, 6.07) is 1.92. The van der Waals surface area contributed by atoms with Gasteiger partial charge in [-0.2, -0.15) is 5.10 Å². The molecule has 6 nitrogen and oxygen atoms in total. The molecule has 0 saturated carbocycles. The van der Waals surface area contributed by atoms with Crippen molar-refractivity contribution in [2.45, 2.75) is 26.4 Å². The molecule has 0 unspecified atom stereocenters. The molecule has 2 aromatic heterocycles.